The first-order valence-electron chi connectivity index (χ1n) is 7.07. The predicted octanol–water partition coefficient (Wildman–Crippen LogP) is 2.05. The van der Waals surface area contributed by atoms with Crippen molar-refractivity contribution in [3.8, 4) is 0 Å². The molecule has 108 valence electrons. The van der Waals surface area contributed by atoms with Gasteiger partial charge in [-0.15, -0.1) is 0 Å². The molecule has 5 nitrogen and oxygen atoms in total. The molecule has 1 fully saturated rings. The van der Waals surface area contributed by atoms with Crippen LogP contribution in [0.1, 0.15) is 30.4 Å². The Morgan fingerprint density at radius 1 is 1.05 bits per heavy atom. The summed E-state index contributed by atoms with van der Waals surface area (Å²) in [5.74, 6) is 0.672. The zero-order chi connectivity index (χ0) is 14.5. The Morgan fingerprint density at radius 2 is 1.75 bits per heavy atom. The number of guanidine groups is 2. The lowest BCUT2D eigenvalue weighted by Gasteiger charge is -2.27. The lowest BCUT2D eigenvalue weighted by Crippen LogP contribution is -2.41. The molecule has 0 atom stereocenters. The zero-order valence-corrected chi connectivity index (χ0v) is 12.3. The summed E-state index contributed by atoms with van der Waals surface area (Å²) in [4.78, 5) is 10.6. The highest BCUT2D eigenvalue weighted by molar-refractivity contribution is 5.94. The fraction of sp³-hybridized carbons (Fsp3) is 0.467. The molecule has 0 aliphatic carbocycles. The quantitative estimate of drug-likeness (QED) is 0.607. The molecule has 1 aromatic carbocycles. The van der Waals surface area contributed by atoms with Gasteiger partial charge in [0.25, 0.3) is 0 Å². The maximum Gasteiger partial charge on any atom is 0.223 e. The lowest BCUT2D eigenvalue weighted by molar-refractivity contribution is 0.339. The van der Waals surface area contributed by atoms with Crippen LogP contribution in [0.4, 0.5) is 5.69 Å². The van der Waals surface area contributed by atoms with E-state index in [9.17, 15) is 0 Å². The van der Waals surface area contributed by atoms with Gasteiger partial charge >= 0.3 is 0 Å². The highest BCUT2D eigenvalue weighted by Gasteiger charge is 2.12. The Kier molecular flexibility index (Phi) is 4.61. The zero-order valence-electron chi connectivity index (χ0n) is 12.3. The summed E-state index contributed by atoms with van der Waals surface area (Å²) in [5, 5.41) is 0. The van der Waals surface area contributed by atoms with Crippen LogP contribution in [0.2, 0.25) is 0 Å². The maximum absolute atomic E-state index is 5.97. The van der Waals surface area contributed by atoms with E-state index in [-0.39, 0.29) is 5.96 Å². The van der Waals surface area contributed by atoms with Gasteiger partial charge in [-0.1, -0.05) is 6.07 Å². The number of piperidine rings is 1. The Morgan fingerprint density at radius 3 is 2.40 bits per heavy atom. The minimum absolute atomic E-state index is 0.205. The van der Waals surface area contributed by atoms with Gasteiger partial charge in [0.1, 0.15) is 0 Å². The van der Waals surface area contributed by atoms with E-state index in [1.807, 2.05) is 18.2 Å². The van der Waals surface area contributed by atoms with E-state index >= 15 is 0 Å². The Labute approximate surface area is 120 Å². The molecular weight excluding hydrogens is 250 g/mol. The van der Waals surface area contributed by atoms with E-state index in [2.05, 4.69) is 28.7 Å². The van der Waals surface area contributed by atoms with E-state index in [4.69, 9.17) is 11.5 Å². The van der Waals surface area contributed by atoms with Gasteiger partial charge in [0.05, 0.1) is 5.69 Å². The maximum atomic E-state index is 5.97. The van der Waals surface area contributed by atoms with Crippen molar-refractivity contribution in [1.29, 1.82) is 0 Å². The number of aryl methyl sites for hydroxylation is 2. The average molecular weight is 273 g/mol. The van der Waals surface area contributed by atoms with Crippen LogP contribution >= 0.6 is 0 Å². The molecule has 1 heterocycles. The monoisotopic (exact) mass is 273 g/mol. The third-order valence-corrected chi connectivity index (χ3v) is 3.64. The molecule has 0 saturated carbocycles. The van der Waals surface area contributed by atoms with Gasteiger partial charge in [0, 0.05) is 13.1 Å². The second-order valence-corrected chi connectivity index (χ2v) is 5.26. The molecule has 0 spiro atoms. The van der Waals surface area contributed by atoms with Crippen molar-refractivity contribution in [2.24, 2.45) is 21.5 Å². The molecule has 5 heteroatoms. The van der Waals surface area contributed by atoms with Crippen molar-refractivity contribution in [1.82, 2.24) is 4.90 Å². The average Bonchev–Trinajstić information content (AvgIpc) is 2.44. The normalized spacial score (nSPS) is 17.4. The predicted molar refractivity (Wildman–Crippen MR) is 84.2 cm³/mol. The summed E-state index contributed by atoms with van der Waals surface area (Å²) in [5.41, 5.74) is 15.1. The van der Waals surface area contributed by atoms with Gasteiger partial charge in [0.2, 0.25) is 5.96 Å². The molecule has 1 aromatic rings. The van der Waals surface area contributed by atoms with E-state index in [1.165, 1.54) is 17.5 Å². The number of rotatable bonds is 1. The second-order valence-electron chi connectivity index (χ2n) is 5.26. The molecule has 2 rings (SSSR count). The van der Waals surface area contributed by atoms with Crippen LogP contribution in [0.5, 0.6) is 0 Å². The van der Waals surface area contributed by atoms with Gasteiger partial charge in [-0.3, -0.25) is 0 Å². The molecule has 0 unspecified atom stereocenters. The lowest BCUT2D eigenvalue weighted by atomic mass is 10.1. The number of nitrogens with zero attached hydrogens (tertiary/aromatic N) is 3. The fourth-order valence-corrected chi connectivity index (χ4v) is 2.26. The van der Waals surface area contributed by atoms with Gasteiger partial charge in [-0.25, -0.2) is 4.99 Å². The van der Waals surface area contributed by atoms with Crippen LogP contribution in [0.25, 0.3) is 0 Å². The Balaban J connectivity index is 2.10. The first kappa shape index (κ1) is 14.4. The van der Waals surface area contributed by atoms with E-state index in [0.29, 0.717) is 5.96 Å². The minimum atomic E-state index is 0.205. The molecule has 1 aliphatic heterocycles. The largest absolute Gasteiger partial charge is 0.369 e. The van der Waals surface area contributed by atoms with Crippen molar-refractivity contribution in [2.75, 3.05) is 13.1 Å². The molecule has 20 heavy (non-hydrogen) atoms. The number of aliphatic imine (C=N–C) groups is 2. The summed E-state index contributed by atoms with van der Waals surface area (Å²) in [6.07, 6.45) is 3.57. The fourth-order valence-electron chi connectivity index (χ4n) is 2.26. The molecule has 0 radical (unpaired) electrons. The van der Waals surface area contributed by atoms with Gasteiger partial charge in [0.15, 0.2) is 5.96 Å². The molecule has 0 amide bonds. The smallest absolute Gasteiger partial charge is 0.223 e. The van der Waals surface area contributed by atoms with E-state index in [0.717, 1.165) is 31.6 Å². The van der Waals surface area contributed by atoms with Crippen molar-refractivity contribution >= 4 is 17.6 Å². The Bertz CT molecular complexity index is 527. The summed E-state index contributed by atoms with van der Waals surface area (Å²) in [7, 11) is 0. The first-order valence-corrected chi connectivity index (χ1v) is 7.07. The van der Waals surface area contributed by atoms with E-state index in [1.54, 1.807) is 0 Å². The SMILES string of the molecule is Cc1ccc(N=C(N)/N=C(\N)N2CCCCC2)cc1C. The number of hydrogen-bond donors (Lipinski definition) is 2. The van der Waals surface area contributed by atoms with Crippen molar-refractivity contribution < 1.29 is 0 Å². The van der Waals surface area contributed by atoms with Crippen molar-refractivity contribution in [3.63, 3.8) is 0 Å². The summed E-state index contributed by atoms with van der Waals surface area (Å²) >= 11 is 0. The molecule has 4 N–H and O–H groups in total. The molecule has 0 bridgehead atoms. The number of likely N-dealkylation sites (tertiary alicyclic amines) is 1. The van der Waals surface area contributed by atoms with Crippen LogP contribution < -0.4 is 11.5 Å². The van der Waals surface area contributed by atoms with Crippen molar-refractivity contribution in [3.05, 3.63) is 29.3 Å². The second kappa shape index (κ2) is 6.41. The number of hydrogen-bond acceptors (Lipinski definition) is 1. The topological polar surface area (TPSA) is 80.0 Å². The summed E-state index contributed by atoms with van der Waals surface area (Å²) in [6, 6.07) is 5.95. The van der Waals surface area contributed by atoms with Gasteiger partial charge in [-0.2, -0.15) is 4.99 Å². The molecular formula is C15H23N5. The summed E-state index contributed by atoms with van der Waals surface area (Å²) in [6.45, 7) is 6.02. The third kappa shape index (κ3) is 3.73. The minimum Gasteiger partial charge on any atom is -0.369 e. The van der Waals surface area contributed by atoms with Crippen LogP contribution in [0.15, 0.2) is 28.2 Å². The van der Waals surface area contributed by atoms with Crippen LogP contribution in [-0.4, -0.2) is 29.9 Å². The van der Waals surface area contributed by atoms with Gasteiger partial charge < -0.3 is 16.4 Å². The third-order valence-electron chi connectivity index (χ3n) is 3.64. The summed E-state index contributed by atoms with van der Waals surface area (Å²) < 4.78 is 0. The van der Waals surface area contributed by atoms with Gasteiger partial charge in [-0.05, 0) is 56.4 Å². The molecule has 0 aromatic heterocycles. The van der Waals surface area contributed by atoms with Crippen molar-refractivity contribution in [2.45, 2.75) is 33.1 Å². The first-order chi connectivity index (χ1) is 9.56. The van der Waals surface area contributed by atoms with E-state index < -0.39 is 0 Å². The highest BCUT2D eigenvalue weighted by Crippen LogP contribution is 2.17. The van der Waals surface area contributed by atoms with Crippen LogP contribution in [0, 0.1) is 13.8 Å². The molecule has 1 aliphatic rings. The Hall–Kier alpha value is -2.04. The van der Waals surface area contributed by atoms with Crippen LogP contribution in [0.3, 0.4) is 0 Å². The standard InChI is InChI=1S/C15H23N5/c1-11-6-7-13(10-12(11)2)18-14(16)19-15(17)20-8-4-3-5-9-20/h6-7,10H,3-5,8-9H2,1-2H3,(H4,16,17,18,19). The number of nitrogens with two attached hydrogens (primary N) is 2. The van der Waals surface area contributed by atoms with Crippen LogP contribution in [-0.2, 0) is 0 Å². The number of benzene rings is 1. The molecule has 1 saturated heterocycles. The highest BCUT2D eigenvalue weighted by atomic mass is 15.3.